The van der Waals surface area contributed by atoms with Crippen molar-refractivity contribution >= 4 is 11.4 Å². The number of aromatic nitrogens is 2. The van der Waals surface area contributed by atoms with Crippen molar-refractivity contribution in [1.82, 2.24) is 10.3 Å². The zero-order valence-electron chi connectivity index (χ0n) is 17.9. The molecule has 3 N–H and O–H groups in total. The third-order valence-corrected chi connectivity index (χ3v) is 8.43. The van der Waals surface area contributed by atoms with Crippen molar-refractivity contribution in [3.63, 3.8) is 0 Å². The van der Waals surface area contributed by atoms with Crippen molar-refractivity contribution in [2.45, 2.75) is 69.4 Å². The van der Waals surface area contributed by atoms with E-state index in [2.05, 4.69) is 10.3 Å². The van der Waals surface area contributed by atoms with Crippen molar-refractivity contribution in [2.24, 2.45) is 17.8 Å². The monoisotopic (exact) mass is 430 g/mol. The largest absolute Gasteiger partial charge is 0.351 e. The number of carbonyl (C=O) groups excluding carboxylic acids is 1. The molecule has 0 aromatic carbocycles. The second kappa shape index (κ2) is 6.99. The van der Waals surface area contributed by atoms with Crippen molar-refractivity contribution in [3.8, 4) is 0 Å². The molecule has 0 radical (unpaired) electrons. The predicted octanol–water partition coefficient (Wildman–Crippen LogP) is 2.27. The average molecular weight is 431 g/mol. The first kappa shape index (κ1) is 19.6. The number of likely N-dealkylation sites (tertiary alicyclic amines) is 1. The molecular formula is C24H32F2N4O+2. The summed E-state index contributed by atoms with van der Waals surface area (Å²) in [5.74, 6) is 0.319. The van der Waals surface area contributed by atoms with E-state index in [1.165, 1.54) is 19.3 Å². The van der Waals surface area contributed by atoms with Gasteiger partial charge in [0.2, 0.25) is 5.69 Å². The van der Waals surface area contributed by atoms with Gasteiger partial charge in [0.1, 0.15) is 6.54 Å². The molecule has 5 aliphatic rings. The van der Waals surface area contributed by atoms with Crippen LogP contribution in [0.2, 0.25) is 0 Å². The lowest BCUT2D eigenvalue weighted by atomic mass is 9.53. The fourth-order valence-electron chi connectivity index (χ4n) is 7.41. The molecule has 0 unspecified atom stereocenters. The number of carbonyl (C=O) groups is 1. The van der Waals surface area contributed by atoms with Crippen LogP contribution in [0.1, 0.15) is 67.7 Å². The maximum absolute atomic E-state index is 13.6. The molecule has 3 heterocycles. The first-order chi connectivity index (χ1) is 14.9. The quantitative estimate of drug-likeness (QED) is 0.641. The van der Waals surface area contributed by atoms with Crippen LogP contribution in [0.5, 0.6) is 0 Å². The molecule has 7 heteroatoms. The minimum atomic E-state index is -2.53. The van der Waals surface area contributed by atoms with E-state index in [-0.39, 0.29) is 24.3 Å². The summed E-state index contributed by atoms with van der Waals surface area (Å²) in [5, 5.41) is 3.46. The number of imidazole rings is 1. The summed E-state index contributed by atoms with van der Waals surface area (Å²) in [5.41, 5.74) is 1.88. The first-order valence-electron chi connectivity index (χ1n) is 11.9. The number of piperidine rings is 1. The third-order valence-electron chi connectivity index (χ3n) is 8.43. The number of nitrogens with zero attached hydrogens (tertiary/aromatic N) is 1. The molecule has 0 spiro atoms. The number of fused-ring (bicyclic) bond motifs is 1. The van der Waals surface area contributed by atoms with E-state index in [0.717, 1.165) is 53.1 Å². The second-order valence-corrected chi connectivity index (χ2v) is 10.8. The van der Waals surface area contributed by atoms with Gasteiger partial charge in [-0.25, -0.2) is 13.8 Å². The number of nitrogens with one attached hydrogen (secondary N) is 3. The van der Waals surface area contributed by atoms with Gasteiger partial charge in [0.05, 0.1) is 32.1 Å². The van der Waals surface area contributed by atoms with Gasteiger partial charge in [-0.2, -0.15) is 4.40 Å². The van der Waals surface area contributed by atoms with Gasteiger partial charge in [0, 0.05) is 5.54 Å². The fourth-order valence-corrected chi connectivity index (χ4v) is 7.41. The van der Waals surface area contributed by atoms with Crippen LogP contribution in [0.15, 0.2) is 24.4 Å². The molecule has 1 amide bonds. The molecule has 1 aliphatic heterocycles. The normalized spacial score (nSPS) is 34.3. The summed E-state index contributed by atoms with van der Waals surface area (Å²) in [6, 6.07) is 5.90. The van der Waals surface area contributed by atoms with Crippen LogP contribution in [0.4, 0.5) is 8.78 Å². The molecule has 31 heavy (non-hydrogen) atoms. The first-order valence-corrected chi connectivity index (χ1v) is 11.9. The van der Waals surface area contributed by atoms with E-state index < -0.39 is 5.92 Å². The molecule has 4 bridgehead atoms. The molecule has 5 nitrogen and oxygen atoms in total. The number of alkyl halides is 2. The third kappa shape index (κ3) is 3.55. The number of quaternary nitrogens is 1. The summed E-state index contributed by atoms with van der Waals surface area (Å²) in [6.07, 6.45) is 9.18. The maximum atomic E-state index is 13.6. The van der Waals surface area contributed by atoms with Crippen LogP contribution in [0.3, 0.4) is 0 Å². The van der Waals surface area contributed by atoms with Gasteiger partial charge in [0.25, 0.3) is 5.92 Å². The Bertz CT molecular complexity index is 971. The summed E-state index contributed by atoms with van der Waals surface area (Å²) in [7, 11) is 0. The van der Waals surface area contributed by atoms with Gasteiger partial charge >= 0.3 is 11.7 Å². The van der Waals surface area contributed by atoms with E-state index in [1.807, 2.05) is 28.8 Å². The van der Waals surface area contributed by atoms with E-state index in [1.54, 1.807) is 0 Å². The Morgan fingerprint density at radius 3 is 2.39 bits per heavy atom. The van der Waals surface area contributed by atoms with Gasteiger partial charge in [-0.3, -0.25) is 4.79 Å². The molecule has 7 rings (SSSR count). The number of pyridine rings is 1. The lowest BCUT2D eigenvalue weighted by molar-refractivity contribution is -0.921. The van der Waals surface area contributed by atoms with Gasteiger partial charge in [-0.1, -0.05) is 6.07 Å². The molecule has 1 saturated heterocycles. The van der Waals surface area contributed by atoms with Crippen molar-refractivity contribution < 1.29 is 22.9 Å². The Morgan fingerprint density at radius 1 is 1.10 bits per heavy atom. The number of amides is 1. The Hall–Kier alpha value is -2.02. The summed E-state index contributed by atoms with van der Waals surface area (Å²) >= 11 is 0. The number of halogens is 2. The molecule has 4 saturated carbocycles. The SMILES string of the molecule is O=C(NC12CC3CC(CC(C3)C1)C2)c1[nH]c(C[NH+]2CCC(F)(F)CC2)c2cccc[n+]12. The predicted molar refractivity (Wildman–Crippen MR) is 111 cm³/mol. The minimum Gasteiger partial charge on any atom is -0.340 e. The average Bonchev–Trinajstić information content (AvgIpc) is 3.07. The summed E-state index contributed by atoms with van der Waals surface area (Å²) in [6.45, 7) is 1.55. The molecule has 5 fully saturated rings. The summed E-state index contributed by atoms with van der Waals surface area (Å²) < 4.78 is 29.0. The zero-order chi connectivity index (χ0) is 21.2. The number of hydrogen-bond donors (Lipinski definition) is 3. The van der Waals surface area contributed by atoms with Crippen LogP contribution in [0.25, 0.3) is 5.52 Å². The van der Waals surface area contributed by atoms with Crippen LogP contribution in [-0.2, 0) is 6.54 Å². The van der Waals surface area contributed by atoms with Gasteiger partial charge < -0.3 is 10.2 Å². The van der Waals surface area contributed by atoms with Crippen LogP contribution in [0, 0.1) is 17.8 Å². The van der Waals surface area contributed by atoms with Gasteiger partial charge in [0.15, 0.2) is 5.52 Å². The van der Waals surface area contributed by atoms with Crippen LogP contribution < -0.4 is 14.6 Å². The molecule has 166 valence electrons. The topological polar surface area (TPSA) is 53.4 Å². The number of rotatable bonds is 4. The van der Waals surface area contributed by atoms with Crippen LogP contribution >= 0.6 is 0 Å². The highest BCUT2D eigenvalue weighted by molar-refractivity contribution is 5.90. The van der Waals surface area contributed by atoms with Gasteiger partial charge in [-0.05, 0) is 68.4 Å². The zero-order valence-corrected chi connectivity index (χ0v) is 17.9. The number of aromatic amines is 1. The summed E-state index contributed by atoms with van der Waals surface area (Å²) in [4.78, 5) is 18.0. The minimum absolute atomic E-state index is 0.0328. The van der Waals surface area contributed by atoms with Crippen molar-refractivity contribution in [1.29, 1.82) is 0 Å². The van der Waals surface area contributed by atoms with E-state index >= 15 is 0 Å². The lowest BCUT2D eigenvalue weighted by Gasteiger charge is -2.56. The molecule has 4 aliphatic carbocycles. The van der Waals surface area contributed by atoms with E-state index in [0.29, 0.717) is 25.5 Å². The standard InChI is InChI=1S/C24H30F2N4O/c25-24(26)4-7-29(8-5-24)15-19-20-3-1-2-6-30(20)21(27-19)22(31)28-23-12-16-9-17(13-23)11-18(10-16)14-23/h1-3,6,16-18H,4-5,7-15H2,(H,28,31)/p+2. The number of hydrogen-bond acceptors (Lipinski definition) is 1. The van der Waals surface area contributed by atoms with Crippen LogP contribution in [-0.4, -0.2) is 35.4 Å². The lowest BCUT2D eigenvalue weighted by Crippen LogP contribution is -3.12. The molecule has 0 atom stereocenters. The van der Waals surface area contributed by atoms with E-state index in [4.69, 9.17) is 0 Å². The Labute approximate surface area is 181 Å². The Morgan fingerprint density at radius 2 is 1.74 bits per heavy atom. The molecular weight excluding hydrogens is 398 g/mol. The fraction of sp³-hybridized carbons (Fsp3) is 0.667. The van der Waals surface area contributed by atoms with Gasteiger partial charge in [-0.15, -0.1) is 0 Å². The second-order valence-electron chi connectivity index (χ2n) is 10.8. The Kier molecular flexibility index (Phi) is 4.43. The molecule has 2 aromatic heterocycles. The molecule has 2 aromatic rings. The smallest absolute Gasteiger partial charge is 0.340 e. The highest BCUT2D eigenvalue weighted by Crippen LogP contribution is 2.55. The highest BCUT2D eigenvalue weighted by Gasteiger charge is 2.52. The number of H-pyrrole nitrogens is 1. The van der Waals surface area contributed by atoms with E-state index in [9.17, 15) is 13.6 Å². The van der Waals surface area contributed by atoms with Crippen molar-refractivity contribution in [3.05, 3.63) is 35.9 Å². The maximum Gasteiger partial charge on any atom is 0.351 e. The highest BCUT2D eigenvalue weighted by atomic mass is 19.3. The van der Waals surface area contributed by atoms with Crippen molar-refractivity contribution in [2.75, 3.05) is 13.1 Å². The Balaban J connectivity index is 1.25.